The monoisotopic (exact) mass is 674 g/mol. The van der Waals surface area contributed by atoms with E-state index in [0.29, 0.717) is 5.56 Å². The average Bonchev–Trinajstić information content (AvgIpc) is 3.02. The molecule has 4 N–H and O–H groups in total. The molecule has 46 heavy (non-hydrogen) atoms. The van der Waals surface area contributed by atoms with E-state index in [-0.39, 0.29) is 66.9 Å². The summed E-state index contributed by atoms with van der Waals surface area (Å²) < 4.78 is 98.3. The molecule has 3 aromatic rings. The first-order chi connectivity index (χ1) is 21.6. The molecule has 11 nitrogen and oxygen atoms in total. The van der Waals surface area contributed by atoms with Gasteiger partial charge < -0.3 is 25.8 Å². The summed E-state index contributed by atoms with van der Waals surface area (Å²) >= 11 is 0. The molecule has 0 spiro atoms. The first-order valence-corrected chi connectivity index (χ1v) is 15.6. The fourth-order valence-electron chi connectivity index (χ4n) is 4.40. The summed E-state index contributed by atoms with van der Waals surface area (Å²) in [7, 11) is -2.90. The smallest absolute Gasteiger partial charge is 0.406 e. The van der Waals surface area contributed by atoms with E-state index < -0.39 is 40.0 Å². The Morgan fingerprint density at radius 3 is 2.24 bits per heavy atom. The van der Waals surface area contributed by atoms with Crippen LogP contribution in [0.2, 0.25) is 0 Å². The molecule has 0 unspecified atom stereocenters. The molecule has 1 amide bonds. The summed E-state index contributed by atoms with van der Waals surface area (Å²) in [4.78, 5) is 21.3. The van der Waals surface area contributed by atoms with Gasteiger partial charge in [-0.2, -0.15) is 4.31 Å². The summed E-state index contributed by atoms with van der Waals surface area (Å²) in [6.45, 7) is 2.14. The van der Waals surface area contributed by atoms with Crippen LogP contribution in [0, 0.1) is 0 Å². The summed E-state index contributed by atoms with van der Waals surface area (Å²) in [6.07, 6.45) is -4.02. The Bertz CT molecular complexity index is 1560. The number of aliphatic hydroxyl groups excluding tert-OH is 1. The normalized spacial score (nSPS) is 12.9. The molecule has 0 aliphatic carbocycles. The van der Waals surface area contributed by atoms with Crippen LogP contribution in [-0.2, 0) is 33.9 Å². The number of anilines is 2. The number of nitrogens with one attached hydrogen (secondary N) is 3. The van der Waals surface area contributed by atoms with Crippen molar-refractivity contribution in [3.05, 3.63) is 71.5 Å². The van der Waals surface area contributed by atoms with Crippen LogP contribution in [0.25, 0.3) is 0 Å². The van der Waals surface area contributed by atoms with Crippen LogP contribution < -0.4 is 20.7 Å². The predicted molar refractivity (Wildman–Crippen MR) is 160 cm³/mol. The number of hydrogen-bond acceptors (Lipinski definition) is 9. The van der Waals surface area contributed by atoms with Gasteiger partial charge in [0, 0.05) is 38.7 Å². The molecule has 1 atom stereocenters. The second-order valence-electron chi connectivity index (χ2n) is 9.92. The third-order valence-corrected chi connectivity index (χ3v) is 8.78. The van der Waals surface area contributed by atoms with Crippen molar-refractivity contribution < 1.29 is 45.0 Å². The second kappa shape index (κ2) is 15.5. The first-order valence-electron chi connectivity index (χ1n) is 14.2. The van der Waals surface area contributed by atoms with Crippen LogP contribution in [0.1, 0.15) is 43.5 Å². The van der Waals surface area contributed by atoms with Gasteiger partial charge in [0.15, 0.2) is 5.82 Å². The lowest BCUT2D eigenvalue weighted by Crippen LogP contribution is -2.50. The van der Waals surface area contributed by atoms with Gasteiger partial charge in [-0.05, 0) is 36.2 Å². The number of carbonyl (C=O) groups is 1. The molecule has 2 aromatic carbocycles. The van der Waals surface area contributed by atoms with E-state index in [2.05, 4.69) is 30.7 Å². The van der Waals surface area contributed by atoms with Gasteiger partial charge in [-0.1, -0.05) is 38.1 Å². The number of ether oxygens (including phenoxy) is 1. The number of benzene rings is 2. The molecule has 0 aliphatic rings. The van der Waals surface area contributed by atoms with E-state index >= 15 is 0 Å². The van der Waals surface area contributed by atoms with Crippen molar-refractivity contribution in [3.63, 3.8) is 0 Å². The molecule has 3 rings (SSSR count). The third-order valence-electron chi connectivity index (χ3n) is 6.86. The molecule has 252 valence electrons. The lowest BCUT2D eigenvalue weighted by atomic mass is 10.0. The average molecular weight is 675 g/mol. The molecular formula is C29H35F5N6O5S. The molecule has 0 radical (unpaired) electrons. The van der Waals surface area contributed by atoms with Crippen LogP contribution in [0.4, 0.5) is 33.6 Å². The van der Waals surface area contributed by atoms with Gasteiger partial charge in [-0.15, -0.1) is 13.2 Å². The van der Waals surface area contributed by atoms with Crippen LogP contribution in [0.5, 0.6) is 5.75 Å². The largest absolute Gasteiger partial charge is 0.573 e. The molecule has 0 saturated carbocycles. The van der Waals surface area contributed by atoms with E-state index in [0.717, 1.165) is 28.6 Å². The molecule has 1 heterocycles. The summed E-state index contributed by atoms with van der Waals surface area (Å²) in [5.74, 6) is -3.79. The maximum Gasteiger partial charge on any atom is 0.573 e. The molecule has 0 fully saturated rings. The van der Waals surface area contributed by atoms with E-state index in [1.165, 1.54) is 37.4 Å². The quantitative estimate of drug-likeness (QED) is 0.160. The number of amides is 1. The van der Waals surface area contributed by atoms with Gasteiger partial charge in [0.25, 0.3) is 5.92 Å². The van der Waals surface area contributed by atoms with Crippen molar-refractivity contribution >= 4 is 27.6 Å². The van der Waals surface area contributed by atoms with Crippen LogP contribution in [0.3, 0.4) is 0 Å². The number of aliphatic hydroxyl groups is 1. The third kappa shape index (κ3) is 9.46. The van der Waals surface area contributed by atoms with Gasteiger partial charge >= 0.3 is 6.36 Å². The van der Waals surface area contributed by atoms with Crippen molar-refractivity contribution in [2.45, 2.75) is 63.1 Å². The van der Waals surface area contributed by atoms with Gasteiger partial charge in [0.2, 0.25) is 15.9 Å². The van der Waals surface area contributed by atoms with E-state index in [1.807, 2.05) is 0 Å². The number of carbonyl (C=O) groups excluding carboxylic acids is 1. The molecule has 0 bridgehead atoms. The minimum absolute atomic E-state index is 0.0108. The zero-order chi connectivity index (χ0) is 34.1. The molecule has 17 heteroatoms. The van der Waals surface area contributed by atoms with E-state index in [1.54, 1.807) is 14.0 Å². The molecule has 1 aromatic heterocycles. The number of rotatable bonds is 16. The molecule has 0 saturated heterocycles. The standard InChI is InChI=1S/C29H35F5N6O5S/c1-4-24(27(42)38-16-19-6-8-20(9-7-19)28(30,31)5-2)40(15-14-36-25-17-37-23(18-41)26(35-3)39-25)46(43,44)22-12-10-21(11-13-22)45-29(32,33)34/h6-13,17,24,41H,4-5,14-16,18H2,1-3H3,(H,38,42)(H2,35,36,39)/t24-/m1/s1. The highest BCUT2D eigenvalue weighted by Crippen LogP contribution is 2.31. The SMILES string of the molecule is CC[C@H](C(=O)NCc1ccc(C(F)(F)CC)cc1)N(CCNc1cnc(CO)c(NC)n1)S(=O)(=O)c1ccc(OC(F)(F)F)cc1. The highest BCUT2D eigenvalue weighted by Gasteiger charge is 2.36. The number of halogens is 5. The van der Waals surface area contributed by atoms with Gasteiger partial charge in [-0.25, -0.2) is 22.2 Å². The van der Waals surface area contributed by atoms with Crippen molar-refractivity contribution in [2.24, 2.45) is 0 Å². The van der Waals surface area contributed by atoms with Crippen molar-refractivity contribution in [2.75, 3.05) is 30.8 Å². The number of aromatic nitrogens is 2. The van der Waals surface area contributed by atoms with Crippen molar-refractivity contribution in [3.8, 4) is 5.75 Å². The number of sulfonamides is 1. The lowest BCUT2D eigenvalue weighted by molar-refractivity contribution is -0.274. The topological polar surface area (TPSA) is 146 Å². The summed E-state index contributed by atoms with van der Waals surface area (Å²) in [5, 5.41) is 17.7. The Kier molecular flexibility index (Phi) is 12.2. The van der Waals surface area contributed by atoms with Crippen LogP contribution in [-0.4, -0.2) is 66.2 Å². The van der Waals surface area contributed by atoms with Crippen LogP contribution in [0.15, 0.2) is 59.6 Å². The minimum atomic E-state index is -4.98. The fraction of sp³-hybridized carbons (Fsp3) is 0.414. The Hall–Kier alpha value is -4.09. The minimum Gasteiger partial charge on any atom is -0.406 e. The van der Waals surface area contributed by atoms with Crippen molar-refractivity contribution in [1.29, 1.82) is 0 Å². The zero-order valence-electron chi connectivity index (χ0n) is 25.2. The Labute approximate surface area is 263 Å². The Morgan fingerprint density at radius 2 is 1.70 bits per heavy atom. The fourth-order valence-corrected chi connectivity index (χ4v) is 6.06. The predicted octanol–water partition coefficient (Wildman–Crippen LogP) is 4.61. The highest BCUT2D eigenvalue weighted by atomic mass is 32.2. The second-order valence-corrected chi connectivity index (χ2v) is 11.8. The maximum atomic E-state index is 14.0. The Morgan fingerprint density at radius 1 is 1.04 bits per heavy atom. The first kappa shape index (κ1) is 36.4. The number of alkyl halides is 5. The van der Waals surface area contributed by atoms with E-state index in [4.69, 9.17) is 0 Å². The number of nitrogens with zero attached hydrogens (tertiary/aromatic N) is 3. The molecule has 0 aliphatic heterocycles. The van der Waals surface area contributed by atoms with Gasteiger partial charge in [0.1, 0.15) is 23.3 Å². The Balaban J connectivity index is 1.85. The summed E-state index contributed by atoms with van der Waals surface area (Å²) in [6, 6.07) is 7.69. The lowest BCUT2D eigenvalue weighted by Gasteiger charge is -2.29. The van der Waals surface area contributed by atoms with E-state index in [9.17, 15) is 40.3 Å². The maximum absolute atomic E-state index is 14.0. The summed E-state index contributed by atoms with van der Waals surface area (Å²) in [5.41, 5.74) is 0.609. The van der Waals surface area contributed by atoms with Gasteiger partial charge in [0.05, 0.1) is 17.7 Å². The highest BCUT2D eigenvalue weighted by molar-refractivity contribution is 7.89. The number of hydrogen-bond donors (Lipinski definition) is 4. The van der Waals surface area contributed by atoms with Crippen molar-refractivity contribution in [1.82, 2.24) is 19.6 Å². The zero-order valence-corrected chi connectivity index (χ0v) is 26.1. The van der Waals surface area contributed by atoms with Gasteiger partial charge in [-0.3, -0.25) is 9.78 Å². The van der Waals surface area contributed by atoms with Crippen LogP contribution >= 0.6 is 0 Å². The molecular weight excluding hydrogens is 639 g/mol.